The zero-order valence-electron chi connectivity index (χ0n) is 13.7. The average molecular weight is 315 g/mol. The Morgan fingerprint density at radius 1 is 1.26 bits per heavy atom. The van der Waals surface area contributed by atoms with Crippen LogP contribution in [0.5, 0.6) is 0 Å². The summed E-state index contributed by atoms with van der Waals surface area (Å²) in [6, 6.07) is 6.28. The molecule has 1 aromatic carbocycles. The van der Waals surface area contributed by atoms with Gasteiger partial charge in [-0.05, 0) is 24.5 Å². The van der Waals surface area contributed by atoms with Gasteiger partial charge in [-0.15, -0.1) is 0 Å². The molecule has 0 radical (unpaired) electrons. The molecule has 0 aliphatic carbocycles. The van der Waals surface area contributed by atoms with Crippen LogP contribution in [0.4, 0.5) is 0 Å². The number of benzene rings is 1. The van der Waals surface area contributed by atoms with Gasteiger partial charge in [0.15, 0.2) is 0 Å². The molecule has 1 aliphatic heterocycles. The van der Waals surface area contributed by atoms with Gasteiger partial charge in [-0.2, -0.15) is 0 Å². The van der Waals surface area contributed by atoms with Crippen LogP contribution in [-0.4, -0.2) is 65.1 Å². The number of carbonyl (C=O) groups excluding carboxylic acids is 1. The van der Waals surface area contributed by atoms with Crippen molar-refractivity contribution in [1.82, 2.24) is 14.8 Å². The first-order chi connectivity index (χ1) is 11.2. The Morgan fingerprint density at radius 2 is 2.04 bits per heavy atom. The van der Waals surface area contributed by atoms with E-state index in [9.17, 15) is 4.79 Å². The molecule has 2 aromatic rings. The van der Waals surface area contributed by atoms with Crippen molar-refractivity contribution in [1.29, 1.82) is 0 Å². The first kappa shape index (κ1) is 16.0. The number of β-amino-alcohol motifs (C(OH)–C–C–N with tert-alkyl or cyclic N) is 1. The number of aliphatic hydroxyl groups excluding tert-OH is 1. The highest BCUT2D eigenvalue weighted by Crippen LogP contribution is 2.22. The SMILES string of the molecule is Cc1cccc2c(CCC(=O)N3CCN(CCO)CC3)c[nH]c12. The molecular formula is C18H25N3O2. The van der Waals surface area contributed by atoms with Crippen LogP contribution < -0.4 is 0 Å². The van der Waals surface area contributed by atoms with Gasteiger partial charge in [-0.25, -0.2) is 0 Å². The summed E-state index contributed by atoms with van der Waals surface area (Å²) < 4.78 is 0. The van der Waals surface area contributed by atoms with E-state index >= 15 is 0 Å². The lowest BCUT2D eigenvalue weighted by Gasteiger charge is -2.34. The van der Waals surface area contributed by atoms with Gasteiger partial charge in [0, 0.05) is 56.2 Å². The average Bonchev–Trinajstić information content (AvgIpc) is 2.98. The van der Waals surface area contributed by atoms with E-state index in [1.54, 1.807) is 0 Å². The number of fused-ring (bicyclic) bond motifs is 1. The van der Waals surface area contributed by atoms with Crippen LogP contribution >= 0.6 is 0 Å². The molecule has 0 spiro atoms. The lowest BCUT2D eigenvalue weighted by molar-refractivity contribution is -0.132. The second-order valence-electron chi connectivity index (χ2n) is 6.26. The number of hydrogen-bond acceptors (Lipinski definition) is 3. The molecule has 2 N–H and O–H groups in total. The van der Waals surface area contributed by atoms with Crippen molar-refractivity contribution in [3.8, 4) is 0 Å². The van der Waals surface area contributed by atoms with E-state index in [-0.39, 0.29) is 12.5 Å². The second-order valence-corrected chi connectivity index (χ2v) is 6.26. The normalized spacial score (nSPS) is 16.2. The van der Waals surface area contributed by atoms with Gasteiger partial charge < -0.3 is 15.0 Å². The predicted molar refractivity (Wildman–Crippen MR) is 91.5 cm³/mol. The lowest BCUT2D eigenvalue weighted by atomic mass is 10.1. The largest absolute Gasteiger partial charge is 0.395 e. The van der Waals surface area contributed by atoms with E-state index in [0.29, 0.717) is 13.0 Å². The Morgan fingerprint density at radius 3 is 2.78 bits per heavy atom. The summed E-state index contributed by atoms with van der Waals surface area (Å²) in [7, 11) is 0. The maximum atomic E-state index is 12.4. The van der Waals surface area contributed by atoms with E-state index in [0.717, 1.165) is 32.6 Å². The number of nitrogens with zero attached hydrogens (tertiary/aromatic N) is 2. The number of aliphatic hydroxyl groups is 1. The smallest absolute Gasteiger partial charge is 0.222 e. The van der Waals surface area contributed by atoms with Gasteiger partial charge in [-0.1, -0.05) is 18.2 Å². The van der Waals surface area contributed by atoms with Crippen LogP contribution in [0.25, 0.3) is 10.9 Å². The summed E-state index contributed by atoms with van der Waals surface area (Å²) >= 11 is 0. The minimum absolute atomic E-state index is 0.188. The molecule has 1 aromatic heterocycles. The predicted octanol–water partition coefficient (Wildman–Crippen LogP) is 1.55. The summed E-state index contributed by atoms with van der Waals surface area (Å²) in [5.41, 5.74) is 3.63. The maximum Gasteiger partial charge on any atom is 0.222 e. The highest BCUT2D eigenvalue weighted by atomic mass is 16.3. The molecule has 3 rings (SSSR count). The molecule has 0 bridgehead atoms. The fraction of sp³-hybridized carbons (Fsp3) is 0.500. The molecule has 5 heteroatoms. The van der Waals surface area contributed by atoms with Crippen molar-refractivity contribution < 1.29 is 9.90 Å². The molecule has 1 fully saturated rings. The summed E-state index contributed by atoms with van der Waals surface area (Å²) in [6.07, 6.45) is 3.37. The molecule has 23 heavy (non-hydrogen) atoms. The minimum atomic E-state index is 0.188. The van der Waals surface area contributed by atoms with E-state index in [4.69, 9.17) is 5.11 Å². The van der Waals surface area contributed by atoms with Crippen LogP contribution in [-0.2, 0) is 11.2 Å². The molecule has 124 valence electrons. The number of nitrogens with one attached hydrogen (secondary N) is 1. The fourth-order valence-corrected chi connectivity index (χ4v) is 3.33. The van der Waals surface area contributed by atoms with Gasteiger partial charge in [0.25, 0.3) is 0 Å². The Hall–Kier alpha value is -1.85. The Balaban J connectivity index is 1.56. The molecule has 2 heterocycles. The standard InChI is InChI=1S/C18H25N3O2/c1-14-3-2-4-16-15(13-19-18(14)16)5-6-17(23)21-9-7-20(8-10-21)11-12-22/h2-4,13,19,22H,5-12H2,1H3. The van der Waals surface area contributed by atoms with Crippen molar-refractivity contribution in [3.63, 3.8) is 0 Å². The van der Waals surface area contributed by atoms with Crippen molar-refractivity contribution in [2.24, 2.45) is 0 Å². The Kier molecular flexibility index (Phi) is 4.98. The fourth-order valence-electron chi connectivity index (χ4n) is 3.33. The number of aryl methyl sites for hydroxylation is 2. The third kappa shape index (κ3) is 3.57. The molecule has 0 saturated carbocycles. The van der Waals surface area contributed by atoms with E-state index < -0.39 is 0 Å². The molecule has 1 amide bonds. The number of amides is 1. The van der Waals surface area contributed by atoms with Gasteiger partial charge >= 0.3 is 0 Å². The number of aromatic nitrogens is 1. The van der Waals surface area contributed by atoms with Crippen LogP contribution in [0.3, 0.4) is 0 Å². The highest BCUT2D eigenvalue weighted by Gasteiger charge is 2.20. The third-order valence-electron chi connectivity index (χ3n) is 4.76. The van der Waals surface area contributed by atoms with E-state index in [1.807, 2.05) is 11.1 Å². The monoisotopic (exact) mass is 315 g/mol. The number of carbonyl (C=O) groups is 1. The lowest BCUT2D eigenvalue weighted by Crippen LogP contribution is -2.49. The quantitative estimate of drug-likeness (QED) is 0.880. The molecule has 0 unspecified atom stereocenters. The first-order valence-corrected chi connectivity index (χ1v) is 8.35. The van der Waals surface area contributed by atoms with Gasteiger partial charge in [0.05, 0.1) is 6.61 Å². The van der Waals surface area contributed by atoms with Crippen LogP contribution in [0.15, 0.2) is 24.4 Å². The summed E-state index contributed by atoms with van der Waals surface area (Å²) in [5.74, 6) is 0.232. The molecule has 0 atom stereocenters. The van der Waals surface area contributed by atoms with Crippen LogP contribution in [0.2, 0.25) is 0 Å². The molecular weight excluding hydrogens is 290 g/mol. The molecule has 1 aliphatic rings. The zero-order chi connectivity index (χ0) is 16.2. The number of para-hydroxylation sites is 1. The molecule has 5 nitrogen and oxygen atoms in total. The third-order valence-corrected chi connectivity index (χ3v) is 4.76. The second kappa shape index (κ2) is 7.15. The van der Waals surface area contributed by atoms with Crippen molar-refractivity contribution >= 4 is 16.8 Å². The van der Waals surface area contributed by atoms with Gasteiger partial charge in [0.2, 0.25) is 5.91 Å². The maximum absolute atomic E-state index is 12.4. The van der Waals surface area contributed by atoms with Crippen LogP contribution in [0.1, 0.15) is 17.5 Å². The number of H-pyrrole nitrogens is 1. The van der Waals surface area contributed by atoms with E-state index in [2.05, 4.69) is 35.0 Å². The van der Waals surface area contributed by atoms with Gasteiger partial charge in [-0.3, -0.25) is 9.69 Å². The highest BCUT2D eigenvalue weighted by molar-refractivity contribution is 5.86. The van der Waals surface area contributed by atoms with Crippen molar-refractivity contribution in [3.05, 3.63) is 35.5 Å². The van der Waals surface area contributed by atoms with Crippen molar-refractivity contribution in [2.45, 2.75) is 19.8 Å². The number of rotatable bonds is 5. The van der Waals surface area contributed by atoms with Crippen LogP contribution in [0, 0.1) is 6.92 Å². The zero-order valence-corrected chi connectivity index (χ0v) is 13.7. The topological polar surface area (TPSA) is 59.6 Å². The first-order valence-electron chi connectivity index (χ1n) is 8.35. The molecule has 1 saturated heterocycles. The number of hydrogen-bond donors (Lipinski definition) is 2. The Bertz CT molecular complexity index is 672. The van der Waals surface area contributed by atoms with Crippen molar-refractivity contribution in [2.75, 3.05) is 39.3 Å². The van der Waals surface area contributed by atoms with Gasteiger partial charge in [0.1, 0.15) is 0 Å². The minimum Gasteiger partial charge on any atom is -0.395 e. The Labute approximate surface area is 136 Å². The van der Waals surface area contributed by atoms with E-state index in [1.165, 1.54) is 22.0 Å². The summed E-state index contributed by atoms with van der Waals surface area (Å²) in [6.45, 7) is 6.25. The number of piperazine rings is 1. The summed E-state index contributed by atoms with van der Waals surface area (Å²) in [4.78, 5) is 19.9. The summed E-state index contributed by atoms with van der Waals surface area (Å²) in [5, 5.41) is 10.2. The number of aromatic amines is 1.